The van der Waals surface area contributed by atoms with E-state index in [4.69, 9.17) is 4.74 Å². The normalized spacial score (nSPS) is 23.4. The average Bonchev–Trinajstić information content (AvgIpc) is 2.50. The summed E-state index contributed by atoms with van der Waals surface area (Å²) in [7, 11) is 0. The highest BCUT2D eigenvalue weighted by Crippen LogP contribution is 2.42. The smallest absolute Gasteiger partial charge is 0.407 e. The van der Waals surface area contributed by atoms with Gasteiger partial charge in [0.2, 0.25) is 0 Å². The molecule has 0 aliphatic heterocycles. The highest BCUT2D eigenvalue weighted by atomic mass is 16.6. The summed E-state index contributed by atoms with van der Waals surface area (Å²) in [6, 6.07) is 0. The lowest BCUT2D eigenvalue weighted by Gasteiger charge is -2.42. The maximum absolute atomic E-state index is 12.5. The van der Waals surface area contributed by atoms with E-state index in [1.807, 2.05) is 0 Å². The number of hydrogen-bond donors (Lipinski definition) is 1. The van der Waals surface area contributed by atoms with E-state index in [-0.39, 0.29) is 11.7 Å². The van der Waals surface area contributed by atoms with E-state index in [9.17, 15) is 4.79 Å². The van der Waals surface area contributed by atoms with Gasteiger partial charge in [-0.15, -0.1) is 0 Å². The number of carbonyl (C=O) groups is 1. The van der Waals surface area contributed by atoms with E-state index in [2.05, 4.69) is 12.2 Å². The van der Waals surface area contributed by atoms with E-state index < -0.39 is 0 Å². The van der Waals surface area contributed by atoms with Gasteiger partial charge in [-0.25, -0.2) is 4.79 Å². The van der Waals surface area contributed by atoms with Crippen molar-refractivity contribution < 1.29 is 9.53 Å². The van der Waals surface area contributed by atoms with Crippen molar-refractivity contribution in [3.63, 3.8) is 0 Å². The monoisotopic (exact) mass is 337 g/mol. The molecule has 0 aromatic rings. The first-order chi connectivity index (χ1) is 11.8. The standard InChI is InChI=1S/C21H39NO2/c1-2-3-18-22-20(23)24-21(16-12-8-5-9-13-17-21)19-14-10-6-4-7-11-15-19/h19H,2-18H2,1H3,(H,22,23). The van der Waals surface area contributed by atoms with Crippen molar-refractivity contribution in [2.45, 2.75) is 115 Å². The predicted octanol–water partition coefficient (Wildman–Crippen LogP) is 6.36. The number of alkyl carbamates (subject to hydrolysis) is 1. The van der Waals surface area contributed by atoms with Gasteiger partial charge in [0, 0.05) is 6.54 Å². The molecule has 2 aliphatic rings. The van der Waals surface area contributed by atoms with Crippen LogP contribution in [0.4, 0.5) is 4.79 Å². The number of nitrogens with one attached hydrogen (secondary N) is 1. The molecule has 140 valence electrons. The lowest BCUT2D eigenvalue weighted by atomic mass is 9.72. The third kappa shape index (κ3) is 6.29. The molecule has 0 unspecified atom stereocenters. The van der Waals surface area contributed by atoms with Crippen molar-refractivity contribution >= 4 is 6.09 Å². The number of hydrogen-bond acceptors (Lipinski definition) is 2. The Morgan fingerprint density at radius 2 is 1.46 bits per heavy atom. The van der Waals surface area contributed by atoms with Crippen LogP contribution in [0.2, 0.25) is 0 Å². The summed E-state index contributed by atoms with van der Waals surface area (Å²) in [6.45, 7) is 2.90. The van der Waals surface area contributed by atoms with Gasteiger partial charge < -0.3 is 10.1 Å². The average molecular weight is 338 g/mol. The minimum Gasteiger partial charge on any atom is -0.443 e. The molecule has 0 spiro atoms. The fourth-order valence-electron chi connectivity index (χ4n) is 4.67. The summed E-state index contributed by atoms with van der Waals surface area (Å²) in [4.78, 5) is 12.5. The van der Waals surface area contributed by atoms with Gasteiger partial charge in [-0.1, -0.05) is 64.7 Å². The van der Waals surface area contributed by atoms with Crippen molar-refractivity contribution in [2.75, 3.05) is 6.54 Å². The largest absolute Gasteiger partial charge is 0.443 e. The topological polar surface area (TPSA) is 38.3 Å². The van der Waals surface area contributed by atoms with Crippen molar-refractivity contribution in [1.29, 1.82) is 0 Å². The van der Waals surface area contributed by atoms with Crippen LogP contribution in [0.1, 0.15) is 110 Å². The lowest BCUT2D eigenvalue weighted by Crippen LogP contribution is -2.46. The van der Waals surface area contributed by atoms with Gasteiger partial charge in [-0.2, -0.15) is 0 Å². The second-order valence-electron chi connectivity index (χ2n) is 8.04. The Labute approximate surface area is 149 Å². The van der Waals surface area contributed by atoms with Gasteiger partial charge in [-0.3, -0.25) is 0 Å². The molecule has 0 aromatic carbocycles. The Bertz CT molecular complexity index is 340. The molecular weight excluding hydrogens is 298 g/mol. The Hall–Kier alpha value is -0.730. The van der Waals surface area contributed by atoms with Gasteiger partial charge in [0.15, 0.2) is 0 Å². The Morgan fingerprint density at radius 1 is 0.917 bits per heavy atom. The van der Waals surface area contributed by atoms with Crippen molar-refractivity contribution in [2.24, 2.45) is 5.92 Å². The molecule has 3 nitrogen and oxygen atoms in total. The van der Waals surface area contributed by atoms with Gasteiger partial charge in [0.1, 0.15) is 5.60 Å². The molecule has 0 heterocycles. The van der Waals surface area contributed by atoms with Crippen LogP contribution >= 0.6 is 0 Å². The predicted molar refractivity (Wildman–Crippen MR) is 100 cm³/mol. The molecule has 0 bridgehead atoms. The number of ether oxygens (including phenoxy) is 1. The molecule has 3 heteroatoms. The second-order valence-corrected chi connectivity index (χ2v) is 8.04. The number of unbranched alkanes of at least 4 members (excludes halogenated alkanes) is 1. The highest BCUT2D eigenvalue weighted by Gasteiger charge is 2.41. The van der Waals surface area contributed by atoms with Crippen molar-refractivity contribution in [1.82, 2.24) is 5.32 Å². The Morgan fingerprint density at radius 3 is 2.04 bits per heavy atom. The minimum atomic E-state index is -0.186. The van der Waals surface area contributed by atoms with Gasteiger partial charge in [0.05, 0.1) is 0 Å². The summed E-state index contributed by atoms with van der Waals surface area (Å²) in [5, 5.41) is 3.00. The molecule has 24 heavy (non-hydrogen) atoms. The fourth-order valence-corrected chi connectivity index (χ4v) is 4.67. The lowest BCUT2D eigenvalue weighted by molar-refractivity contribution is -0.0608. The molecule has 0 radical (unpaired) electrons. The molecule has 1 amide bonds. The summed E-state index contributed by atoms with van der Waals surface area (Å²) in [5.74, 6) is 0.577. The van der Waals surface area contributed by atoms with Crippen LogP contribution in [-0.2, 0) is 4.74 Å². The van der Waals surface area contributed by atoms with E-state index in [1.54, 1.807) is 0 Å². The Balaban J connectivity index is 2.04. The maximum atomic E-state index is 12.5. The van der Waals surface area contributed by atoms with Crippen LogP contribution in [0.3, 0.4) is 0 Å². The first-order valence-electron chi connectivity index (χ1n) is 10.7. The zero-order valence-electron chi connectivity index (χ0n) is 15.9. The molecule has 2 rings (SSSR count). The summed E-state index contributed by atoms with van der Waals surface area (Å²) >= 11 is 0. The molecule has 2 saturated carbocycles. The fraction of sp³-hybridized carbons (Fsp3) is 0.952. The zero-order valence-corrected chi connectivity index (χ0v) is 15.9. The quantitative estimate of drug-likeness (QED) is 0.593. The first kappa shape index (κ1) is 19.6. The molecule has 0 saturated heterocycles. The van der Waals surface area contributed by atoms with Crippen LogP contribution < -0.4 is 5.32 Å². The van der Waals surface area contributed by atoms with Crippen molar-refractivity contribution in [3.8, 4) is 0 Å². The van der Waals surface area contributed by atoms with Crippen LogP contribution in [0.25, 0.3) is 0 Å². The van der Waals surface area contributed by atoms with Crippen LogP contribution in [0.15, 0.2) is 0 Å². The van der Waals surface area contributed by atoms with Crippen LogP contribution in [0, 0.1) is 5.92 Å². The molecular formula is C21H39NO2. The highest BCUT2D eigenvalue weighted by molar-refractivity contribution is 5.67. The Kier molecular flexibility index (Phi) is 8.98. The van der Waals surface area contributed by atoms with E-state index >= 15 is 0 Å². The van der Waals surface area contributed by atoms with Gasteiger partial charge in [-0.05, 0) is 50.9 Å². The minimum absolute atomic E-state index is 0.161. The first-order valence-corrected chi connectivity index (χ1v) is 10.7. The third-order valence-electron chi connectivity index (χ3n) is 6.14. The van der Waals surface area contributed by atoms with Crippen LogP contribution in [-0.4, -0.2) is 18.2 Å². The molecule has 2 aliphatic carbocycles. The summed E-state index contributed by atoms with van der Waals surface area (Å²) in [5.41, 5.74) is -0.186. The number of rotatable bonds is 5. The van der Waals surface area contributed by atoms with Gasteiger partial charge >= 0.3 is 6.09 Å². The molecule has 0 aromatic heterocycles. The number of amides is 1. The van der Waals surface area contributed by atoms with Crippen molar-refractivity contribution in [3.05, 3.63) is 0 Å². The molecule has 2 fully saturated rings. The number of carbonyl (C=O) groups excluding carboxylic acids is 1. The van der Waals surface area contributed by atoms with E-state index in [0.29, 0.717) is 5.92 Å². The summed E-state index contributed by atoms with van der Waals surface area (Å²) < 4.78 is 6.25. The second kappa shape index (κ2) is 11.0. The third-order valence-corrected chi connectivity index (χ3v) is 6.14. The zero-order chi connectivity index (χ0) is 17.1. The molecule has 1 N–H and O–H groups in total. The van der Waals surface area contributed by atoms with Gasteiger partial charge in [0.25, 0.3) is 0 Å². The summed E-state index contributed by atoms with van der Waals surface area (Å²) in [6.07, 6.45) is 19.8. The van der Waals surface area contributed by atoms with Crippen LogP contribution in [0.5, 0.6) is 0 Å². The van der Waals surface area contributed by atoms with E-state index in [1.165, 1.54) is 77.0 Å². The molecule has 0 atom stereocenters. The van der Waals surface area contributed by atoms with E-state index in [0.717, 1.165) is 32.2 Å². The SMILES string of the molecule is CCCCNC(=O)OC1(C2CCCCCCC2)CCCCCCC1. The maximum Gasteiger partial charge on any atom is 0.407 e.